The molecule has 0 fully saturated rings. The van der Waals surface area contributed by atoms with Crippen LogP contribution in [0.15, 0.2) is 42.5 Å². The Hall–Kier alpha value is -2.04. The van der Waals surface area contributed by atoms with Gasteiger partial charge in [0.05, 0.1) is 0 Å². The highest BCUT2D eigenvalue weighted by Gasteiger charge is 2.06. The number of carbonyl (C=O) groups is 2. The van der Waals surface area contributed by atoms with E-state index in [0.717, 1.165) is 5.56 Å². The van der Waals surface area contributed by atoms with Crippen LogP contribution in [0.4, 0.5) is 5.69 Å². The van der Waals surface area contributed by atoms with Crippen molar-refractivity contribution in [2.45, 2.75) is 13.3 Å². The smallest absolute Gasteiger partial charge is 0.251 e. The zero-order valence-corrected chi connectivity index (χ0v) is 14.0. The van der Waals surface area contributed by atoms with Crippen LogP contribution in [-0.4, -0.2) is 18.4 Å². The number of hydrogen-bond donors (Lipinski definition) is 2. The molecule has 0 aliphatic carbocycles. The van der Waals surface area contributed by atoms with Crippen LogP contribution in [0.1, 0.15) is 22.8 Å². The van der Waals surface area contributed by atoms with Crippen molar-refractivity contribution in [3.8, 4) is 0 Å². The van der Waals surface area contributed by atoms with Gasteiger partial charge in [0.25, 0.3) is 5.91 Å². The molecular weight excluding hydrogens is 335 g/mol. The summed E-state index contributed by atoms with van der Waals surface area (Å²) < 4.78 is 0. The number of amides is 2. The largest absolute Gasteiger partial charge is 0.352 e. The zero-order valence-electron chi connectivity index (χ0n) is 12.5. The maximum atomic E-state index is 12.1. The summed E-state index contributed by atoms with van der Waals surface area (Å²) in [4.78, 5) is 23.0. The molecule has 0 saturated carbocycles. The van der Waals surface area contributed by atoms with Crippen LogP contribution in [0.3, 0.4) is 0 Å². The molecule has 120 valence electrons. The lowest BCUT2D eigenvalue weighted by atomic mass is 10.1. The second-order valence-corrected chi connectivity index (χ2v) is 5.84. The summed E-state index contributed by atoms with van der Waals surface area (Å²) in [5, 5.41) is 6.66. The molecule has 0 saturated heterocycles. The van der Waals surface area contributed by atoms with E-state index in [0.29, 0.717) is 34.3 Å². The van der Waals surface area contributed by atoms with Gasteiger partial charge in [-0.15, -0.1) is 0 Å². The molecule has 4 nitrogen and oxygen atoms in total. The summed E-state index contributed by atoms with van der Waals surface area (Å²) >= 11 is 11.9. The molecule has 0 aromatic heterocycles. The number of rotatable bonds is 5. The van der Waals surface area contributed by atoms with Crippen LogP contribution in [-0.2, 0) is 11.2 Å². The lowest BCUT2D eigenvalue weighted by Crippen LogP contribution is -2.25. The fraction of sp³-hybridized carbons (Fsp3) is 0.176. The van der Waals surface area contributed by atoms with Gasteiger partial charge >= 0.3 is 0 Å². The van der Waals surface area contributed by atoms with Gasteiger partial charge in [0.1, 0.15) is 0 Å². The highest BCUT2D eigenvalue weighted by atomic mass is 35.5. The molecule has 0 aliphatic rings. The minimum absolute atomic E-state index is 0.151. The molecule has 2 rings (SSSR count). The van der Waals surface area contributed by atoms with Gasteiger partial charge in [-0.2, -0.15) is 0 Å². The summed E-state index contributed by atoms with van der Waals surface area (Å²) in [7, 11) is 0. The van der Waals surface area contributed by atoms with Crippen molar-refractivity contribution in [2.75, 3.05) is 11.9 Å². The predicted octanol–water partition coefficient (Wildman–Crippen LogP) is 3.92. The lowest BCUT2D eigenvalue weighted by molar-refractivity contribution is -0.114. The van der Waals surface area contributed by atoms with Gasteiger partial charge in [-0.05, 0) is 48.4 Å². The summed E-state index contributed by atoms with van der Waals surface area (Å²) in [6, 6.07) is 12.0. The molecule has 0 bridgehead atoms. The number of carbonyl (C=O) groups excluding carboxylic acids is 2. The summed E-state index contributed by atoms with van der Waals surface area (Å²) in [5.74, 6) is -0.327. The van der Waals surface area contributed by atoms with E-state index in [9.17, 15) is 9.59 Å². The van der Waals surface area contributed by atoms with Gasteiger partial charge in [0.2, 0.25) is 5.91 Å². The molecule has 0 unspecified atom stereocenters. The third-order valence-electron chi connectivity index (χ3n) is 3.16. The van der Waals surface area contributed by atoms with Gasteiger partial charge in [0.15, 0.2) is 0 Å². The Morgan fingerprint density at radius 3 is 2.35 bits per heavy atom. The van der Waals surface area contributed by atoms with E-state index in [4.69, 9.17) is 23.2 Å². The Kier molecular flexibility index (Phi) is 6.02. The van der Waals surface area contributed by atoms with E-state index in [-0.39, 0.29) is 11.8 Å². The van der Waals surface area contributed by atoms with E-state index < -0.39 is 0 Å². The molecule has 0 spiro atoms. The minimum atomic E-state index is -0.176. The number of benzene rings is 2. The maximum absolute atomic E-state index is 12.1. The molecule has 0 heterocycles. The van der Waals surface area contributed by atoms with Gasteiger partial charge in [-0.1, -0.05) is 29.3 Å². The highest BCUT2D eigenvalue weighted by Crippen LogP contribution is 2.21. The SMILES string of the molecule is CC(=O)Nc1ccc(C(=O)NCCc2ccc(Cl)cc2Cl)cc1. The van der Waals surface area contributed by atoms with Crippen LogP contribution in [0.2, 0.25) is 10.0 Å². The third kappa shape index (κ3) is 5.27. The monoisotopic (exact) mass is 350 g/mol. The van der Waals surface area contributed by atoms with Crippen LogP contribution in [0, 0.1) is 0 Å². The summed E-state index contributed by atoms with van der Waals surface area (Å²) in [6.07, 6.45) is 0.617. The maximum Gasteiger partial charge on any atom is 0.251 e. The van der Waals surface area contributed by atoms with Gasteiger partial charge < -0.3 is 10.6 Å². The first-order valence-corrected chi connectivity index (χ1v) is 7.81. The molecule has 0 atom stereocenters. The molecule has 2 amide bonds. The molecule has 0 aliphatic heterocycles. The van der Waals surface area contributed by atoms with Crippen molar-refractivity contribution < 1.29 is 9.59 Å². The molecule has 23 heavy (non-hydrogen) atoms. The van der Waals surface area contributed by atoms with Crippen molar-refractivity contribution in [3.63, 3.8) is 0 Å². The van der Waals surface area contributed by atoms with Crippen molar-refractivity contribution in [3.05, 3.63) is 63.6 Å². The Morgan fingerprint density at radius 2 is 1.74 bits per heavy atom. The molecule has 0 radical (unpaired) electrons. The summed E-state index contributed by atoms with van der Waals surface area (Å²) in [6.45, 7) is 1.90. The second kappa shape index (κ2) is 7.99. The molecule has 2 aromatic carbocycles. The standard InChI is InChI=1S/C17H16Cl2N2O2/c1-11(22)21-15-6-3-13(4-7-15)17(23)20-9-8-12-2-5-14(18)10-16(12)19/h2-7,10H,8-9H2,1H3,(H,20,23)(H,21,22). The molecule has 2 N–H and O–H groups in total. The highest BCUT2D eigenvalue weighted by molar-refractivity contribution is 6.35. The van der Waals surface area contributed by atoms with E-state index in [1.54, 1.807) is 36.4 Å². The normalized spacial score (nSPS) is 10.2. The van der Waals surface area contributed by atoms with E-state index in [1.807, 2.05) is 6.07 Å². The molecule has 2 aromatic rings. The van der Waals surface area contributed by atoms with Crippen LogP contribution >= 0.6 is 23.2 Å². The number of nitrogens with one attached hydrogen (secondary N) is 2. The van der Waals surface area contributed by atoms with E-state index in [1.165, 1.54) is 6.92 Å². The first kappa shape index (κ1) is 17.3. The Morgan fingerprint density at radius 1 is 1.04 bits per heavy atom. The quantitative estimate of drug-likeness (QED) is 0.858. The molecular formula is C17H16Cl2N2O2. The average molecular weight is 351 g/mol. The first-order valence-electron chi connectivity index (χ1n) is 7.05. The van der Waals surface area contributed by atoms with Gasteiger partial charge in [-0.3, -0.25) is 9.59 Å². The first-order chi connectivity index (χ1) is 11.0. The van der Waals surface area contributed by atoms with E-state index in [2.05, 4.69) is 10.6 Å². The summed E-state index contributed by atoms with van der Waals surface area (Å²) in [5.41, 5.74) is 2.11. The number of hydrogen-bond acceptors (Lipinski definition) is 2. The lowest BCUT2D eigenvalue weighted by Gasteiger charge is -2.08. The Balaban J connectivity index is 1.88. The van der Waals surface area contributed by atoms with Crippen molar-refractivity contribution in [1.82, 2.24) is 5.32 Å². The number of halogens is 2. The predicted molar refractivity (Wildman–Crippen MR) is 93.2 cm³/mol. The Bertz CT molecular complexity index is 715. The minimum Gasteiger partial charge on any atom is -0.352 e. The van der Waals surface area contributed by atoms with Crippen LogP contribution in [0.25, 0.3) is 0 Å². The van der Waals surface area contributed by atoms with Gasteiger partial charge in [0, 0.05) is 34.8 Å². The fourth-order valence-electron chi connectivity index (χ4n) is 2.05. The Labute approximate surface area is 144 Å². The second-order valence-electron chi connectivity index (χ2n) is 5.00. The van der Waals surface area contributed by atoms with Crippen molar-refractivity contribution in [2.24, 2.45) is 0 Å². The van der Waals surface area contributed by atoms with E-state index >= 15 is 0 Å². The van der Waals surface area contributed by atoms with Crippen molar-refractivity contribution >= 4 is 40.7 Å². The van der Waals surface area contributed by atoms with Crippen LogP contribution < -0.4 is 10.6 Å². The third-order valence-corrected chi connectivity index (χ3v) is 3.75. The fourth-order valence-corrected chi connectivity index (χ4v) is 2.55. The zero-order chi connectivity index (χ0) is 16.8. The number of anilines is 1. The van der Waals surface area contributed by atoms with Crippen molar-refractivity contribution in [1.29, 1.82) is 0 Å². The average Bonchev–Trinajstić information content (AvgIpc) is 2.49. The van der Waals surface area contributed by atoms with Crippen LogP contribution in [0.5, 0.6) is 0 Å². The van der Waals surface area contributed by atoms with Gasteiger partial charge in [-0.25, -0.2) is 0 Å². The topological polar surface area (TPSA) is 58.2 Å². The molecule has 6 heteroatoms.